The maximum atomic E-state index is 5.85. The molecule has 0 aromatic heterocycles. The molecule has 0 saturated carbocycles. The third-order valence-corrected chi connectivity index (χ3v) is 3.45. The number of hydrogen-bond acceptors (Lipinski definition) is 3. The summed E-state index contributed by atoms with van der Waals surface area (Å²) in [6.07, 6.45) is 2.78. The Morgan fingerprint density at radius 2 is 2.29 bits per heavy atom. The van der Waals surface area contributed by atoms with Gasteiger partial charge in [-0.25, -0.2) is 0 Å². The number of ether oxygens (including phenoxy) is 1. The van der Waals surface area contributed by atoms with E-state index in [0.717, 1.165) is 30.9 Å². The molecule has 17 heavy (non-hydrogen) atoms. The SMILES string of the molecule is CCN(CC1CCCO1)c1ccc(N)c(C)c1. The molecule has 1 aliphatic rings. The van der Waals surface area contributed by atoms with Crippen LogP contribution in [0.15, 0.2) is 18.2 Å². The van der Waals surface area contributed by atoms with Gasteiger partial charge in [-0.05, 0) is 50.5 Å². The molecule has 1 fully saturated rings. The van der Waals surface area contributed by atoms with E-state index in [-0.39, 0.29) is 0 Å². The van der Waals surface area contributed by atoms with Gasteiger partial charge in [0.1, 0.15) is 0 Å². The van der Waals surface area contributed by atoms with Crippen LogP contribution in [0.3, 0.4) is 0 Å². The molecule has 94 valence electrons. The molecule has 1 saturated heterocycles. The van der Waals surface area contributed by atoms with Crippen LogP contribution in [0.25, 0.3) is 0 Å². The minimum Gasteiger partial charge on any atom is -0.399 e. The van der Waals surface area contributed by atoms with Crippen molar-refractivity contribution in [2.24, 2.45) is 0 Å². The Morgan fingerprint density at radius 3 is 2.88 bits per heavy atom. The van der Waals surface area contributed by atoms with Gasteiger partial charge in [-0.2, -0.15) is 0 Å². The van der Waals surface area contributed by atoms with Gasteiger partial charge in [-0.1, -0.05) is 0 Å². The van der Waals surface area contributed by atoms with Crippen molar-refractivity contribution in [3.8, 4) is 0 Å². The van der Waals surface area contributed by atoms with Crippen LogP contribution in [0.2, 0.25) is 0 Å². The van der Waals surface area contributed by atoms with Crippen molar-refractivity contribution in [3.05, 3.63) is 23.8 Å². The summed E-state index contributed by atoms with van der Waals surface area (Å²) in [7, 11) is 0. The van der Waals surface area contributed by atoms with E-state index in [1.807, 2.05) is 6.07 Å². The summed E-state index contributed by atoms with van der Waals surface area (Å²) < 4.78 is 5.69. The van der Waals surface area contributed by atoms with Crippen molar-refractivity contribution in [1.29, 1.82) is 0 Å². The fourth-order valence-corrected chi connectivity index (χ4v) is 2.31. The van der Waals surface area contributed by atoms with Gasteiger partial charge in [0.15, 0.2) is 0 Å². The Bertz CT molecular complexity index is 372. The van der Waals surface area contributed by atoms with E-state index in [4.69, 9.17) is 10.5 Å². The van der Waals surface area contributed by atoms with E-state index in [0.29, 0.717) is 6.10 Å². The van der Waals surface area contributed by atoms with E-state index in [2.05, 4.69) is 30.9 Å². The normalized spacial score (nSPS) is 19.5. The average Bonchev–Trinajstić information content (AvgIpc) is 2.82. The van der Waals surface area contributed by atoms with E-state index < -0.39 is 0 Å². The zero-order valence-corrected chi connectivity index (χ0v) is 10.8. The number of aryl methyl sites for hydroxylation is 1. The minimum absolute atomic E-state index is 0.396. The molecular formula is C14H22N2O. The van der Waals surface area contributed by atoms with Crippen LogP contribution in [0.5, 0.6) is 0 Å². The van der Waals surface area contributed by atoms with Crippen molar-refractivity contribution in [3.63, 3.8) is 0 Å². The lowest BCUT2D eigenvalue weighted by Gasteiger charge is -2.26. The molecule has 3 heteroatoms. The first-order valence-corrected chi connectivity index (χ1v) is 6.43. The first kappa shape index (κ1) is 12.2. The third-order valence-electron chi connectivity index (χ3n) is 3.45. The third kappa shape index (κ3) is 2.91. The molecule has 0 bridgehead atoms. The summed E-state index contributed by atoms with van der Waals surface area (Å²) in [5.41, 5.74) is 9.11. The van der Waals surface area contributed by atoms with Crippen LogP contribution in [0, 0.1) is 6.92 Å². The average molecular weight is 234 g/mol. The number of nitrogens with zero attached hydrogens (tertiary/aromatic N) is 1. The van der Waals surface area contributed by atoms with Gasteiger partial charge in [-0.3, -0.25) is 0 Å². The van der Waals surface area contributed by atoms with Gasteiger partial charge in [0.25, 0.3) is 0 Å². The first-order valence-electron chi connectivity index (χ1n) is 6.43. The standard InChI is InChI=1S/C14H22N2O/c1-3-16(10-13-5-4-8-17-13)12-6-7-14(15)11(2)9-12/h6-7,9,13H,3-5,8,10,15H2,1-2H3. The van der Waals surface area contributed by atoms with Crippen LogP contribution < -0.4 is 10.6 Å². The predicted molar refractivity (Wildman–Crippen MR) is 72.5 cm³/mol. The summed E-state index contributed by atoms with van der Waals surface area (Å²) in [6.45, 7) is 7.14. The summed E-state index contributed by atoms with van der Waals surface area (Å²) in [5.74, 6) is 0. The van der Waals surface area contributed by atoms with E-state index in [1.54, 1.807) is 0 Å². The minimum atomic E-state index is 0.396. The molecule has 1 heterocycles. The lowest BCUT2D eigenvalue weighted by molar-refractivity contribution is 0.115. The van der Waals surface area contributed by atoms with Crippen LogP contribution in [-0.4, -0.2) is 25.8 Å². The zero-order chi connectivity index (χ0) is 12.3. The second-order valence-electron chi connectivity index (χ2n) is 4.71. The maximum Gasteiger partial charge on any atom is 0.0750 e. The topological polar surface area (TPSA) is 38.5 Å². The Kier molecular flexibility index (Phi) is 3.89. The van der Waals surface area contributed by atoms with Crippen LogP contribution in [0.4, 0.5) is 11.4 Å². The number of anilines is 2. The number of benzene rings is 1. The van der Waals surface area contributed by atoms with Crippen molar-refractivity contribution in [2.75, 3.05) is 30.3 Å². The smallest absolute Gasteiger partial charge is 0.0750 e. The molecule has 0 spiro atoms. The molecule has 1 aromatic rings. The Balaban J connectivity index is 2.08. The highest BCUT2D eigenvalue weighted by Gasteiger charge is 2.18. The molecule has 0 aliphatic carbocycles. The molecule has 1 aromatic carbocycles. The molecule has 1 aliphatic heterocycles. The van der Waals surface area contributed by atoms with Gasteiger partial charge < -0.3 is 15.4 Å². The van der Waals surface area contributed by atoms with Crippen LogP contribution in [0.1, 0.15) is 25.3 Å². The molecule has 3 nitrogen and oxygen atoms in total. The molecule has 0 amide bonds. The number of hydrogen-bond donors (Lipinski definition) is 1. The lowest BCUT2D eigenvalue weighted by atomic mass is 10.1. The van der Waals surface area contributed by atoms with Gasteiger partial charge in [-0.15, -0.1) is 0 Å². The van der Waals surface area contributed by atoms with Crippen molar-refractivity contribution in [1.82, 2.24) is 0 Å². The monoisotopic (exact) mass is 234 g/mol. The maximum absolute atomic E-state index is 5.85. The van der Waals surface area contributed by atoms with Crippen molar-refractivity contribution < 1.29 is 4.74 Å². The first-order chi connectivity index (χ1) is 8.20. The molecule has 1 unspecified atom stereocenters. The van der Waals surface area contributed by atoms with Gasteiger partial charge in [0.2, 0.25) is 0 Å². The summed E-state index contributed by atoms with van der Waals surface area (Å²) >= 11 is 0. The van der Waals surface area contributed by atoms with Crippen LogP contribution in [-0.2, 0) is 4.74 Å². The largest absolute Gasteiger partial charge is 0.399 e. The number of nitrogen functional groups attached to an aromatic ring is 1. The van der Waals surface area contributed by atoms with Gasteiger partial charge >= 0.3 is 0 Å². The number of nitrogens with two attached hydrogens (primary N) is 1. The van der Waals surface area contributed by atoms with Crippen molar-refractivity contribution >= 4 is 11.4 Å². The van der Waals surface area contributed by atoms with E-state index >= 15 is 0 Å². The second-order valence-corrected chi connectivity index (χ2v) is 4.71. The fraction of sp³-hybridized carbons (Fsp3) is 0.571. The molecule has 2 N–H and O–H groups in total. The van der Waals surface area contributed by atoms with Crippen LogP contribution >= 0.6 is 0 Å². The molecule has 2 rings (SSSR count). The Hall–Kier alpha value is -1.22. The Labute approximate surface area is 104 Å². The quantitative estimate of drug-likeness (QED) is 0.814. The summed E-state index contributed by atoms with van der Waals surface area (Å²) in [5, 5.41) is 0. The predicted octanol–water partition coefficient (Wildman–Crippen LogP) is 2.58. The zero-order valence-electron chi connectivity index (χ0n) is 10.8. The van der Waals surface area contributed by atoms with E-state index in [9.17, 15) is 0 Å². The molecular weight excluding hydrogens is 212 g/mol. The highest BCUT2D eigenvalue weighted by atomic mass is 16.5. The summed E-state index contributed by atoms with van der Waals surface area (Å²) in [6, 6.07) is 6.25. The van der Waals surface area contributed by atoms with Gasteiger partial charge in [0, 0.05) is 31.1 Å². The van der Waals surface area contributed by atoms with E-state index in [1.165, 1.54) is 18.5 Å². The molecule has 0 radical (unpaired) electrons. The summed E-state index contributed by atoms with van der Waals surface area (Å²) in [4.78, 5) is 2.36. The highest BCUT2D eigenvalue weighted by Crippen LogP contribution is 2.22. The second kappa shape index (κ2) is 5.41. The van der Waals surface area contributed by atoms with Gasteiger partial charge in [0.05, 0.1) is 6.10 Å². The fourth-order valence-electron chi connectivity index (χ4n) is 2.31. The highest BCUT2D eigenvalue weighted by molar-refractivity contribution is 5.58. The number of rotatable bonds is 4. The Morgan fingerprint density at radius 1 is 1.47 bits per heavy atom. The van der Waals surface area contributed by atoms with Crippen molar-refractivity contribution in [2.45, 2.75) is 32.8 Å². The lowest BCUT2D eigenvalue weighted by Crippen LogP contribution is -2.32. The molecule has 1 atom stereocenters. The number of likely N-dealkylation sites (N-methyl/N-ethyl adjacent to an activating group) is 1.